The fourth-order valence-corrected chi connectivity index (χ4v) is 2.90. The van der Waals surface area contributed by atoms with Crippen LogP contribution in [0.2, 0.25) is 0 Å². The number of nitrogens with one attached hydrogen (secondary N) is 1. The summed E-state index contributed by atoms with van der Waals surface area (Å²) in [5.74, 6) is 1.29. The summed E-state index contributed by atoms with van der Waals surface area (Å²) in [5.41, 5.74) is 1.09. The van der Waals surface area contributed by atoms with Crippen LogP contribution < -0.4 is 10.1 Å². The van der Waals surface area contributed by atoms with Crippen LogP contribution in [0, 0.1) is 0 Å². The summed E-state index contributed by atoms with van der Waals surface area (Å²) in [4.78, 5) is 14.4. The van der Waals surface area contributed by atoms with Crippen molar-refractivity contribution in [3.05, 3.63) is 36.0 Å². The topological polar surface area (TPSA) is 72.3 Å². The first-order valence-electron chi connectivity index (χ1n) is 7.83. The van der Waals surface area contributed by atoms with Gasteiger partial charge in [-0.05, 0) is 37.5 Å². The zero-order valence-electron chi connectivity index (χ0n) is 13.4. The van der Waals surface area contributed by atoms with E-state index in [9.17, 15) is 4.79 Å². The lowest BCUT2D eigenvalue weighted by atomic mass is 10.0. The summed E-state index contributed by atoms with van der Waals surface area (Å²) in [6.45, 7) is 3.42. The summed E-state index contributed by atoms with van der Waals surface area (Å²) < 4.78 is 6.96. The minimum atomic E-state index is -0.140. The van der Waals surface area contributed by atoms with Crippen LogP contribution >= 0.6 is 0 Å². The number of carbonyl (C=O) groups excluding carboxylic acids is 1. The highest BCUT2D eigenvalue weighted by Gasteiger charge is 2.30. The molecule has 2 heterocycles. The van der Waals surface area contributed by atoms with E-state index in [0.29, 0.717) is 5.82 Å². The molecule has 0 radical (unpaired) electrons. The molecule has 2 aromatic rings. The van der Waals surface area contributed by atoms with Crippen LogP contribution in [0.15, 0.2) is 30.5 Å². The molecule has 0 bridgehead atoms. The summed E-state index contributed by atoms with van der Waals surface area (Å²) >= 11 is 0. The highest BCUT2D eigenvalue weighted by atomic mass is 16.5. The molecule has 0 unspecified atom stereocenters. The predicted molar refractivity (Wildman–Crippen MR) is 86.4 cm³/mol. The van der Waals surface area contributed by atoms with E-state index in [2.05, 4.69) is 15.6 Å². The van der Waals surface area contributed by atoms with Crippen LogP contribution in [0.5, 0.6) is 5.75 Å². The number of likely N-dealkylation sites (tertiary alicyclic amines) is 1. The van der Waals surface area contributed by atoms with Gasteiger partial charge in [-0.1, -0.05) is 17.3 Å². The number of anilines is 1. The third-order valence-electron chi connectivity index (χ3n) is 4.09. The zero-order chi connectivity index (χ0) is 16.2. The van der Waals surface area contributed by atoms with Crippen molar-refractivity contribution < 1.29 is 9.53 Å². The lowest BCUT2D eigenvalue weighted by Crippen LogP contribution is -2.34. The molecule has 1 aromatic carbocycles. The van der Waals surface area contributed by atoms with Crippen LogP contribution in [0.3, 0.4) is 0 Å². The van der Waals surface area contributed by atoms with Crippen LogP contribution in [0.4, 0.5) is 10.6 Å². The smallest absolute Gasteiger partial charge is 0.323 e. The number of aromatic nitrogens is 3. The number of ether oxygens (including phenoxy) is 1. The molecule has 1 N–H and O–H groups in total. The number of nitrogens with zero attached hydrogens (tertiary/aromatic N) is 4. The van der Waals surface area contributed by atoms with Crippen molar-refractivity contribution in [2.24, 2.45) is 0 Å². The van der Waals surface area contributed by atoms with Gasteiger partial charge in [0.1, 0.15) is 5.75 Å². The summed E-state index contributed by atoms with van der Waals surface area (Å²) in [7, 11) is 1.65. The second-order valence-corrected chi connectivity index (χ2v) is 5.52. The molecular weight excluding hydrogens is 294 g/mol. The first-order valence-corrected chi connectivity index (χ1v) is 7.83. The number of amides is 2. The maximum atomic E-state index is 12.6. The first-order chi connectivity index (χ1) is 11.2. The van der Waals surface area contributed by atoms with Crippen molar-refractivity contribution in [2.75, 3.05) is 19.0 Å². The van der Waals surface area contributed by atoms with E-state index in [1.165, 1.54) is 0 Å². The molecule has 1 fully saturated rings. The van der Waals surface area contributed by atoms with Crippen LogP contribution in [0.1, 0.15) is 31.4 Å². The number of aryl methyl sites for hydroxylation is 1. The number of benzene rings is 1. The zero-order valence-corrected chi connectivity index (χ0v) is 13.4. The van der Waals surface area contributed by atoms with Gasteiger partial charge < -0.3 is 9.64 Å². The number of methoxy groups -OCH3 is 1. The molecule has 7 heteroatoms. The van der Waals surface area contributed by atoms with Gasteiger partial charge in [-0.25, -0.2) is 4.79 Å². The van der Waals surface area contributed by atoms with Gasteiger partial charge >= 0.3 is 6.03 Å². The molecule has 2 amide bonds. The Kier molecular flexibility index (Phi) is 4.45. The van der Waals surface area contributed by atoms with E-state index in [1.807, 2.05) is 36.1 Å². The maximum absolute atomic E-state index is 12.6. The molecule has 1 aliphatic heterocycles. The van der Waals surface area contributed by atoms with Gasteiger partial charge in [-0.3, -0.25) is 10.00 Å². The molecule has 0 aliphatic carbocycles. The Morgan fingerprint density at radius 1 is 1.48 bits per heavy atom. The number of urea groups is 1. The second kappa shape index (κ2) is 6.68. The molecule has 1 aliphatic rings. The fraction of sp³-hybridized carbons (Fsp3) is 0.438. The minimum Gasteiger partial charge on any atom is -0.497 e. The van der Waals surface area contributed by atoms with Crippen LogP contribution in [-0.4, -0.2) is 39.6 Å². The third kappa shape index (κ3) is 3.28. The molecule has 23 heavy (non-hydrogen) atoms. The van der Waals surface area contributed by atoms with Gasteiger partial charge in [-0.2, -0.15) is 0 Å². The molecule has 0 spiro atoms. The van der Waals surface area contributed by atoms with E-state index >= 15 is 0 Å². The van der Waals surface area contributed by atoms with Crippen molar-refractivity contribution in [3.8, 4) is 5.75 Å². The number of hydrogen-bond donors (Lipinski definition) is 1. The highest BCUT2D eigenvalue weighted by Crippen LogP contribution is 2.33. The van der Waals surface area contributed by atoms with Crippen molar-refractivity contribution in [1.82, 2.24) is 19.9 Å². The van der Waals surface area contributed by atoms with Gasteiger partial charge in [0.05, 0.1) is 19.3 Å². The first kappa shape index (κ1) is 15.3. The normalized spacial score (nSPS) is 17.3. The van der Waals surface area contributed by atoms with E-state index in [0.717, 1.165) is 37.2 Å². The Bertz CT molecular complexity index is 685. The lowest BCUT2D eigenvalue weighted by Gasteiger charge is -2.25. The molecule has 0 saturated carbocycles. The summed E-state index contributed by atoms with van der Waals surface area (Å²) in [5, 5.41) is 10.7. The van der Waals surface area contributed by atoms with Crippen molar-refractivity contribution in [1.29, 1.82) is 0 Å². The summed E-state index contributed by atoms with van der Waals surface area (Å²) in [6.07, 6.45) is 3.66. The van der Waals surface area contributed by atoms with E-state index in [-0.39, 0.29) is 12.1 Å². The van der Waals surface area contributed by atoms with Gasteiger partial charge in [0.25, 0.3) is 0 Å². The molecule has 122 valence electrons. The fourth-order valence-electron chi connectivity index (χ4n) is 2.90. The largest absolute Gasteiger partial charge is 0.497 e. The van der Waals surface area contributed by atoms with Crippen molar-refractivity contribution in [3.63, 3.8) is 0 Å². The van der Waals surface area contributed by atoms with E-state index < -0.39 is 0 Å². The van der Waals surface area contributed by atoms with Gasteiger partial charge in [-0.15, -0.1) is 5.10 Å². The molecule has 3 rings (SSSR count). The number of rotatable bonds is 4. The Hall–Kier alpha value is -2.57. The van der Waals surface area contributed by atoms with E-state index in [4.69, 9.17) is 4.74 Å². The Morgan fingerprint density at radius 3 is 3.09 bits per heavy atom. The SMILES string of the molecule is CCn1cc(NC(=O)N2CCC[C@@H]2c2cccc(OC)c2)nn1. The van der Waals surface area contributed by atoms with Crippen LogP contribution in [0.25, 0.3) is 0 Å². The number of carbonyl (C=O) groups is 1. The second-order valence-electron chi connectivity index (χ2n) is 5.52. The van der Waals surface area contributed by atoms with Crippen molar-refractivity contribution in [2.45, 2.75) is 32.4 Å². The van der Waals surface area contributed by atoms with Gasteiger partial charge in [0, 0.05) is 13.1 Å². The molecule has 1 saturated heterocycles. The molecule has 1 atom stereocenters. The van der Waals surface area contributed by atoms with E-state index in [1.54, 1.807) is 18.0 Å². The average Bonchev–Trinajstić information content (AvgIpc) is 3.23. The molecular formula is C16H21N5O2. The van der Waals surface area contributed by atoms with Crippen molar-refractivity contribution >= 4 is 11.8 Å². The predicted octanol–water partition coefficient (Wildman–Crippen LogP) is 2.68. The molecule has 7 nitrogen and oxygen atoms in total. The third-order valence-corrected chi connectivity index (χ3v) is 4.09. The summed E-state index contributed by atoms with van der Waals surface area (Å²) in [6, 6.07) is 7.81. The highest BCUT2D eigenvalue weighted by molar-refractivity contribution is 5.88. The van der Waals surface area contributed by atoms with Gasteiger partial charge in [0.15, 0.2) is 5.82 Å². The average molecular weight is 315 g/mol. The lowest BCUT2D eigenvalue weighted by molar-refractivity contribution is 0.207. The minimum absolute atomic E-state index is 0.0614. The monoisotopic (exact) mass is 315 g/mol. The van der Waals surface area contributed by atoms with Crippen LogP contribution in [-0.2, 0) is 6.54 Å². The standard InChI is InChI=1S/C16H21N5O2/c1-3-20-11-15(18-19-20)17-16(22)21-9-5-8-14(21)12-6-4-7-13(10-12)23-2/h4,6-7,10-11,14H,3,5,8-9H2,1-2H3,(H,17,22)/t14-/m1/s1. The molecule has 1 aromatic heterocycles. The quantitative estimate of drug-likeness (QED) is 0.941. The Morgan fingerprint density at radius 2 is 2.35 bits per heavy atom. The Balaban J connectivity index is 1.73. The number of hydrogen-bond acceptors (Lipinski definition) is 4. The maximum Gasteiger partial charge on any atom is 0.323 e. The Labute approximate surface area is 135 Å². The van der Waals surface area contributed by atoms with Gasteiger partial charge in [0.2, 0.25) is 0 Å².